The van der Waals surface area contributed by atoms with E-state index < -0.39 is 0 Å². The number of rotatable bonds is 8. The molecule has 1 fully saturated rings. The molecule has 0 aromatic carbocycles. The number of H-pyrrole nitrogens is 1. The third-order valence-corrected chi connectivity index (χ3v) is 3.17. The van der Waals surface area contributed by atoms with Gasteiger partial charge < -0.3 is 19.4 Å². The van der Waals surface area contributed by atoms with E-state index in [0.29, 0.717) is 38.0 Å². The van der Waals surface area contributed by atoms with Crippen LogP contribution in [0.1, 0.15) is 24.6 Å². The highest BCUT2D eigenvalue weighted by atomic mass is 16.5. The molecule has 0 unspecified atom stereocenters. The lowest BCUT2D eigenvalue weighted by Gasteiger charge is -2.23. The van der Waals surface area contributed by atoms with Crippen LogP contribution in [0.3, 0.4) is 0 Å². The first-order valence-electron chi connectivity index (χ1n) is 6.58. The predicted molar refractivity (Wildman–Crippen MR) is 72.8 cm³/mol. The summed E-state index contributed by atoms with van der Waals surface area (Å²) in [5, 5.41) is 0. The van der Waals surface area contributed by atoms with Gasteiger partial charge in [-0.2, -0.15) is 0 Å². The molecule has 0 saturated heterocycles. The van der Waals surface area contributed by atoms with Crippen LogP contribution in [0, 0.1) is 0 Å². The molecule has 1 saturated carbocycles. The fraction of sp³-hybridized carbons (Fsp3) is 0.692. The highest BCUT2D eigenvalue weighted by molar-refractivity contribution is 5.38. The van der Waals surface area contributed by atoms with Crippen molar-refractivity contribution >= 4 is 5.82 Å². The third kappa shape index (κ3) is 4.04. The van der Waals surface area contributed by atoms with Gasteiger partial charge in [0.25, 0.3) is 5.56 Å². The van der Waals surface area contributed by atoms with E-state index in [1.54, 1.807) is 14.2 Å². The summed E-state index contributed by atoms with van der Waals surface area (Å²) in [7, 11) is 3.32. The largest absolute Gasteiger partial charge is 0.383 e. The first-order chi connectivity index (χ1) is 9.24. The van der Waals surface area contributed by atoms with Crippen molar-refractivity contribution in [3.05, 3.63) is 22.2 Å². The number of anilines is 1. The van der Waals surface area contributed by atoms with Crippen LogP contribution in [0.15, 0.2) is 10.9 Å². The molecular weight excluding hydrogens is 246 g/mol. The summed E-state index contributed by atoms with van der Waals surface area (Å²) in [6.45, 7) is 2.58. The Hall–Kier alpha value is -1.40. The van der Waals surface area contributed by atoms with E-state index in [1.165, 1.54) is 6.07 Å². The molecule has 6 nitrogen and oxygen atoms in total. The zero-order valence-electron chi connectivity index (χ0n) is 11.5. The van der Waals surface area contributed by atoms with Gasteiger partial charge in [-0.05, 0) is 12.8 Å². The summed E-state index contributed by atoms with van der Waals surface area (Å²) in [5.41, 5.74) is -0.0910. The van der Waals surface area contributed by atoms with Gasteiger partial charge >= 0.3 is 0 Å². The van der Waals surface area contributed by atoms with Gasteiger partial charge in [-0.15, -0.1) is 0 Å². The molecule has 0 atom stereocenters. The number of aromatic nitrogens is 2. The zero-order chi connectivity index (χ0) is 13.7. The molecule has 1 aliphatic rings. The van der Waals surface area contributed by atoms with E-state index in [1.807, 2.05) is 4.90 Å². The lowest BCUT2D eigenvalue weighted by molar-refractivity contribution is 0.190. The van der Waals surface area contributed by atoms with Gasteiger partial charge in [0.15, 0.2) is 0 Å². The minimum absolute atomic E-state index is 0.0910. The molecule has 0 radical (unpaired) electrons. The van der Waals surface area contributed by atoms with Gasteiger partial charge in [-0.3, -0.25) is 4.79 Å². The maximum Gasteiger partial charge on any atom is 0.252 e. The number of aromatic amines is 1. The summed E-state index contributed by atoms with van der Waals surface area (Å²) >= 11 is 0. The average molecular weight is 267 g/mol. The molecule has 0 spiro atoms. The Balaban J connectivity index is 2.15. The predicted octanol–water partition coefficient (Wildman–Crippen LogP) is 0.746. The smallest absolute Gasteiger partial charge is 0.252 e. The number of ether oxygens (including phenoxy) is 2. The maximum atomic E-state index is 11.7. The second-order valence-electron chi connectivity index (χ2n) is 4.74. The van der Waals surface area contributed by atoms with Crippen LogP contribution in [0.4, 0.5) is 5.82 Å². The van der Waals surface area contributed by atoms with E-state index in [-0.39, 0.29) is 5.56 Å². The van der Waals surface area contributed by atoms with Crippen LogP contribution in [0.5, 0.6) is 0 Å². The summed E-state index contributed by atoms with van der Waals surface area (Å²) in [5.74, 6) is 1.95. The van der Waals surface area contributed by atoms with Crippen molar-refractivity contribution in [1.82, 2.24) is 9.97 Å². The van der Waals surface area contributed by atoms with Gasteiger partial charge in [-0.25, -0.2) is 4.98 Å². The number of hydrogen-bond donors (Lipinski definition) is 1. The lowest BCUT2D eigenvalue weighted by Crippen LogP contribution is -2.32. The number of nitrogens with zero attached hydrogens (tertiary/aromatic N) is 2. The molecule has 1 N–H and O–H groups in total. The van der Waals surface area contributed by atoms with Crippen molar-refractivity contribution in [3.63, 3.8) is 0 Å². The normalized spacial score (nSPS) is 14.6. The Bertz CT molecular complexity index is 449. The van der Waals surface area contributed by atoms with Crippen molar-refractivity contribution in [2.75, 3.05) is 45.4 Å². The molecule has 19 heavy (non-hydrogen) atoms. The molecule has 0 amide bonds. The molecule has 0 bridgehead atoms. The zero-order valence-corrected chi connectivity index (χ0v) is 11.5. The lowest BCUT2D eigenvalue weighted by atomic mass is 10.3. The van der Waals surface area contributed by atoms with Crippen LogP contribution >= 0.6 is 0 Å². The van der Waals surface area contributed by atoms with Crippen LogP contribution in [-0.2, 0) is 9.47 Å². The fourth-order valence-corrected chi connectivity index (χ4v) is 1.92. The Labute approximate surface area is 112 Å². The average Bonchev–Trinajstić information content (AvgIpc) is 3.22. The summed E-state index contributed by atoms with van der Waals surface area (Å²) in [6.07, 6.45) is 2.23. The number of methoxy groups -OCH3 is 2. The van der Waals surface area contributed by atoms with Gasteiger partial charge in [0, 0.05) is 39.3 Å². The minimum atomic E-state index is -0.0910. The van der Waals surface area contributed by atoms with Crippen molar-refractivity contribution in [3.8, 4) is 0 Å². The first kappa shape index (κ1) is 14.0. The Morgan fingerprint density at radius 1 is 1.32 bits per heavy atom. The molecule has 106 valence electrons. The number of hydrogen-bond acceptors (Lipinski definition) is 5. The Morgan fingerprint density at radius 2 is 1.95 bits per heavy atom. The molecule has 1 aromatic rings. The van der Waals surface area contributed by atoms with E-state index >= 15 is 0 Å². The third-order valence-electron chi connectivity index (χ3n) is 3.17. The van der Waals surface area contributed by atoms with Gasteiger partial charge in [0.05, 0.1) is 13.2 Å². The maximum absolute atomic E-state index is 11.7. The SMILES string of the molecule is COCCN(CCOC)c1cc(=O)[nH]c(C2CC2)n1. The second-order valence-corrected chi connectivity index (χ2v) is 4.74. The van der Waals surface area contributed by atoms with Gasteiger partial charge in [-0.1, -0.05) is 0 Å². The summed E-state index contributed by atoms with van der Waals surface area (Å²) in [4.78, 5) is 21.1. The molecule has 6 heteroatoms. The van der Waals surface area contributed by atoms with Crippen molar-refractivity contribution < 1.29 is 9.47 Å². The number of nitrogens with one attached hydrogen (secondary N) is 1. The fourth-order valence-electron chi connectivity index (χ4n) is 1.92. The van der Waals surface area contributed by atoms with Crippen LogP contribution < -0.4 is 10.5 Å². The van der Waals surface area contributed by atoms with Crippen molar-refractivity contribution in [2.45, 2.75) is 18.8 Å². The van der Waals surface area contributed by atoms with E-state index in [4.69, 9.17) is 9.47 Å². The Kier molecular flexibility index (Phi) is 4.93. The van der Waals surface area contributed by atoms with Crippen molar-refractivity contribution in [2.24, 2.45) is 0 Å². The van der Waals surface area contributed by atoms with Crippen molar-refractivity contribution in [1.29, 1.82) is 0 Å². The van der Waals surface area contributed by atoms with E-state index in [2.05, 4.69) is 9.97 Å². The van der Waals surface area contributed by atoms with Gasteiger partial charge in [0.2, 0.25) is 0 Å². The molecule has 1 aliphatic carbocycles. The van der Waals surface area contributed by atoms with Gasteiger partial charge in [0.1, 0.15) is 11.6 Å². The standard InChI is InChI=1S/C13H21N3O3/c1-18-7-5-16(6-8-19-2)11-9-12(17)15-13(14-11)10-3-4-10/h9-10H,3-8H2,1-2H3,(H,14,15,17). The van der Waals surface area contributed by atoms with Crippen LogP contribution in [-0.4, -0.2) is 50.5 Å². The quantitative estimate of drug-likeness (QED) is 0.752. The first-order valence-corrected chi connectivity index (χ1v) is 6.58. The molecular formula is C13H21N3O3. The topological polar surface area (TPSA) is 67.5 Å². The van der Waals surface area contributed by atoms with E-state index in [9.17, 15) is 4.79 Å². The summed E-state index contributed by atoms with van der Waals surface area (Å²) < 4.78 is 10.2. The molecule has 0 aliphatic heterocycles. The monoisotopic (exact) mass is 267 g/mol. The second kappa shape index (κ2) is 6.68. The molecule has 1 heterocycles. The molecule has 1 aromatic heterocycles. The van der Waals surface area contributed by atoms with Crippen LogP contribution in [0.25, 0.3) is 0 Å². The Morgan fingerprint density at radius 3 is 2.47 bits per heavy atom. The minimum Gasteiger partial charge on any atom is -0.383 e. The summed E-state index contributed by atoms with van der Waals surface area (Å²) in [6, 6.07) is 1.54. The molecule has 2 rings (SSSR count). The highest BCUT2D eigenvalue weighted by Gasteiger charge is 2.27. The van der Waals surface area contributed by atoms with E-state index in [0.717, 1.165) is 18.7 Å². The highest BCUT2D eigenvalue weighted by Crippen LogP contribution is 2.37. The van der Waals surface area contributed by atoms with Crippen LogP contribution in [0.2, 0.25) is 0 Å².